The number of nitrogens with zero attached hydrogens (tertiary/aromatic N) is 5. The van der Waals surface area contributed by atoms with Gasteiger partial charge < -0.3 is 19.3 Å². The van der Waals surface area contributed by atoms with Crippen molar-refractivity contribution in [3.05, 3.63) is 65.7 Å². The van der Waals surface area contributed by atoms with Crippen LogP contribution in [0.2, 0.25) is 0 Å². The van der Waals surface area contributed by atoms with E-state index in [-0.39, 0.29) is 42.0 Å². The number of rotatable bonds is 7. The molecular weight excluding hydrogens is 582 g/mol. The lowest BCUT2D eigenvalue weighted by Gasteiger charge is -2.37. The number of halogens is 1. The van der Waals surface area contributed by atoms with Gasteiger partial charge in [0.1, 0.15) is 0 Å². The summed E-state index contributed by atoms with van der Waals surface area (Å²) < 4.78 is 11.0. The molecule has 234 valence electrons. The Hall–Kier alpha value is -3.89. The van der Waals surface area contributed by atoms with E-state index in [4.69, 9.17) is 14.6 Å². The average molecular weight is 622 g/mol. The van der Waals surface area contributed by atoms with Gasteiger partial charge >= 0.3 is 0 Å². The summed E-state index contributed by atoms with van der Waals surface area (Å²) in [7, 11) is 3.20. The molecule has 0 unspecified atom stereocenters. The minimum atomic E-state index is -0.222. The number of fused-ring (bicyclic) bond motifs is 1. The summed E-state index contributed by atoms with van der Waals surface area (Å²) in [5, 5.41) is 6.36. The van der Waals surface area contributed by atoms with Crippen LogP contribution in [0.15, 0.2) is 59.7 Å². The Balaban J connectivity index is 0.00000384. The first-order valence-electron chi connectivity index (χ1n) is 15.2. The zero-order chi connectivity index (χ0) is 29.9. The maximum atomic E-state index is 13.7. The molecule has 2 fully saturated rings. The average Bonchev–Trinajstić information content (AvgIpc) is 3.61. The molecule has 10 nitrogen and oxygen atoms in total. The molecule has 0 saturated carbocycles. The highest BCUT2D eigenvalue weighted by atomic mass is 35.5. The van der Waals surface area contributed by atoms with Crippen molar-refractivity contribution >= 4 is 41.5 Å². The molecule has 2 aromatic rings. The lowest BCUT2D eigenvalue weighted by Crippen LogP contribution is -2.51. The van der Waals surface area contributed by atoms with Crippen molar-refractivity contribution in [2.24, 2.45) is 16.9 Å². The predicted molar refractivity (Wildman–Crippen MR) is 171 cm³/mol. The summed E-state index contributed by atoms with van der Waals surface area (Å²) in [5.41, 5.74) is 2.90. The van der Waals surface area contributed by atoms with Crippen molar-refractivity contribution in [1.82, 2.24) is 14.7 Å². The molecule has 2 atom stereocenters. The van der Waals surface area contributed by atoms with Crippen LogP contribution in [-0.2, 0) is 9.59 Å². The summed E-state index contributed by atoms with van der Waals surface area (Å²) in [6, 6.07) is 12.9. The molecule has 6 rings (SSSR count). The third-order valence-corrected chi connectivity index (χ3v) is 9.03. The van der Waals surface area contributed by atoms with Gasteiger partial charge in [0.15, 0.2) is 11.5 Å². The van der Waals surface area contributed by atoms with Crippen LogP contribution in [0, 0.1) is 11.8 Å². The van der Waals surface area contributed by atoms with Crippen molar-refractivity contribution < 1.29 is 23.9 Å². The normalized spacial score (nSPS) is 21.8. The maximum Gasteiger partial charge on any atom is 0.253 e. The second-order valence-electron chi connectivity index (χ2n) is 11.6. The van der Waals surface area contributed by atoms with Gasteiger partial charge in [0, 0.05) is 56.3 Å². The highest BCUT2D eigenvalue weighted by Gasteiger charge is 2.41. The Morgan fingerprint density at radius 3 is 2.14 bits per heavy atom. The number of amides is 3. The highest BCUT2D eigenvalue weighted by Crippen LogP contribution is 2.38. The van der Waals surface area contributed by atoms with Gasteiger partial charge in [0.05, 0.1) is 38.1 Å². The van der Waals surface area contributed by atoms with Crippen molar-refractivity contribution in [2.75, 3.05) is 65.0 Å². The van der Waals surface area contributed by atoms with E-state index < -0.39 is 0 Å². The fourth-order valence-corrected chi connectivity index (χ4v) is 6.52. The second-order valence-corrected chi connectivity index (χ2v) is 11.6. The molecule has 44 heavy (non-hydrogen) atoms. The topological polar surface area (TPSA) is 95.0 Å². The van der Waals surface area contributed by atoms with E-state index >= 15 is 0 Å². The number of carbonyl (C=O) groups is 3. The lowest BCUT2D eigenvalue weighted by atomic mass is 9.76. The molecule has 3 heterocycles. The molecule has 2 aromatic carbocycles. The number of anilines is 1. The Labute approximate surface area is 264 Å². The standard InChI is InChI=1S/C33H39N5O5.ClH/c1-42-28-14-11-24(21-29(28)43-2)31-26-7-3-4-8-27(26)33(41)38(34-31)25-12-9-23(10-13-25)32(40)37-19-17-35(18-20-37)22-30(39)36-15-5-6-16-36;/h3-4,9-14,21,26-27H,5-8,15-20,22H2,1-2H3;1H/t26-,27+;/m0./s1. The first-order valence-corrected chi connectivity index (χ1v) is 15.2. The van der Waals surface area contributed by atoms with Crippen LogP contribution in [0.3, 0.4) is 0 Å². The van der Waals surface area contributed by atoms with Crippen LogP contribution in [0.25, 0.3) is 0 Å². The molecule has 3 aliphatic heterocycles. The van der Waals surface area contributed by atoms with E-state index in [1.165, 1.54) is 5.01 Å². The molecule has 11 heteroatoms. The molecule has 2 saturated heterocycles. The van der Waals surface area contributed by atoms with Crippen LogP contribution < -0.4 is 14.5 Å². The quantitative estimate of drug-likeness (QED) is 0.436. The van der Waals surface area contributed by atoms with E-state index in [0.29, 0.717) is 61.9 Å². The fraction of sp³-hybridized carbons (Fsp3) is 0.455. The van der Waals surface area contributed by atoms with Crippen molar-refractivity contribution in [1.29, 1.82) is 0 Å². The molecule has 4 aliphatic rings. The number of hydrogen-bond donors (Lipinski definition) is 0. The third kappa shape index (κ3) is 6.32. The zero-order valence-corrected chi connectivity index (χ0v) is 26.1. The SMILES string of the molecule is COc1ccc(C2=NN(c3ccc(C(=O)N4CCN(CC(=O)N5CCCC5)CC4)cc3)C(=O)[C@@H]3CC=CC[C@H]23)cc1OC.Cl. The first-order chi connectivity index (χ1) is 21.0. The number of hydrogen-bond acceptors (Lipinski definition) is 7. The Morgan fingerprint density at radius 2 is 1.48 bits per heavy atom. The largest absolute Gasteiger partial charge is 0.493 e. The molecule has 0 radical (unpaired) electrons. The summed E-state index contributed by atoms with van der Waals surface area (Å²) in [6.07, 6.45) is 7.75. The Kier molecular flexibility index (Phi) is 9.90. The second kappa shape index (κ2) is 13.8. The highest BCUT2D eigenvalue weighted by molar-refractivity contribution is 6.11. The van der Waals surface area contributed by atoms with E-state index in [0.717, 1.165) is 43.6 Å². The zero-order valence-electron chi connectivity index (χ0n) is 25.3. The molecular formula is C33H40ClN5O5. The van der Waals surface area contributed by atoms with Gasteiger partial charge in [-0.15, -0.1) is 12.4 Å². The van der Waals surface area contributed by atoms with E-state index in [2.05, 4.69) is 17.1 Å². The number of ether oxygens (including phenoxy) is 2. The van der Waals surface area contributed by atoms with Gasteiger partial charge in [-0.3, -0.25) is 19.3 Å². The predicted octanol–water partition coefficient (Wildman–Crippen LogP) is 3.84. The van der Waals surface area contributed by atoms with Crippen LogP contribution in [0.1, 0.15) is 41.6 Å². The Bertz CT molecular complexity index is 1430. The van der Waals surface area contributed by atoms with Crippen molar-refractivity contribution in [3.8, 4) is 11.5 Å². The van der Waals surface area contributed by atoms with Gasteiger partial charge in [-0.1, -0.05) is 12.2 Å². The number of carbonyl (C=O) groups excluding carboxylic acids is 3. The Morgan fingerprint density at radius 1 is 0.818 bits per heavy atom. The summed E-state index contributed by atoms with van der Waals surface area (Å²) in [6.45, 7) is 4.65. The molecule has 3 amide bonds. The molecule has 1 aliphatic carbocycles. The number of allylic oxidation sites excluding steroid dienone is 2. The number of piperazine rings is 1. The molecule has 0 N–H and O–H groups in total. The smallest absolute Gasteiger partial charge is 0.253 e. The third-order valence-electron chi connectivity index (χ3n) is 9.03. The van der Waals surface area contributed by atoms with Crippen LogP contribution in [0.5, 0.6) is 11.5 Å². The minimum Gasteiger partial charge on any atom is -0.493 e. The van der Waals surface area contributed by atoms with E-state index in [1.54, 1.807) is 38.5 Å². The van der Waals surface area contributed by atoms with Gasteiger partial charge in [0.2, 0.25) is 5.91 Å². The fourth-order valence-electron chi connectivity index (χ4n) is 6.52. The summed E-state index contributed by atoms with van der Waals surface area (Å²) >= 11 is 0. The number of likely N-dealkylation sites (tertiary alicyclic amines) is 1. The lowest BCUT2D eigenvalue weighted by molar-refractivity contribution is -0.131. The van der Waals surface area contributed by atoms with E-state index in [1.807, 2.05) is 28.0 Å². The molecule has 0 bridgehead atoms. The first kappa shape index (κ1) is 31.5. The monoisotopic (exact) mass is 621 g/mol. The summed E-state index contributed by atoms with van der Waals surface area (Å²) in [4.78, 5) is 45.4. The number of benzene rings is 2. The van der Waals surface area contributed by atoms with Crippen LogP contribution in [-0.4, -0.2) is 98.2 Å². The number of hydrazone groups is 1. The molecule has 0 aromatic heterocycles. The van der Waals surface area contributed by atoms with Crippen molar-refractivity contribution in [2.45, 2.75) is 25.7 Å². The van der Waals surface area contributed by atoms with E-state index in [9.17, 15) is 14.4 Å². The van der Waals surface area contributed by atoms with Gasteiger partial charge in [-0.2, -0.15) is 5.10 Å². The van der Waals surface area contributed by atoms with Crippen LogP contribution in [0.4, 0.5) is 5.69 Å². The van der Waals surface area contributed by atoms with Gasteiger partial charge in [-0.05, 0) is 68.1 Å². The van der Waals surface area contributed by atoms with Gasteiger partial charge in [0.25, 0.3) is 11.8 Å². The molecule has 0 spiro atoms. The van der Waals surface area contributed by atoms with Crippen LogP contribution >= 0.6 is 12.4 Å². The number of methoxy groups -OCH3 is 2. The van der Waals surface area contributed by atoms with Crippen molar-refractivity contribution in [3.63, 3.8) is 0 Å². The summed E-state index contributed by atoms with van der Waals surface area (Å²) in [5.74, 6) is 1.08. The maximum absolute atomic E-state index is 13.7. The van der Waals surface area contributed by atoms with Gasteiger partial charge in [-0.25, -0.2) is 5.01 Å². The minimum absolute atomic E-state index is 0.